The summed E-state index contributed by atoms with van der Waals surface area (Å²) in [6.45, 7) is 1.89. The second-order valence-corrected chi connectivity index (χ2v) is 5.11. The normalized spacial score (nSPS) is 11.0. The molecule has 6 heteroatoms. The van der Waals surface area contributed by atoms with Crippen LogP contribution in [0.4, 0.5) is 4.39 Å². The van der Waals surface area contributed by atoms with Gasteiger partial charge in [0.25, 0.3) is 0 Å². The number of carboxylic acids is 1. The van der Waals surface area contributed by atoms with E-state index in [1.54, 1.807) is 6.07 Å². The largest absolute Gasteiger partial charge is 0.478 e. The molecule has 106 valence electrons. The average Bonchev–Trinajstić information content (AvgIpc) is 2.83. The summed E-state index contributed by atoms with van der Waals surface area (Å²) in [6, 6.07) is 7.79. The Morgan fingerprint density at radius 1 is 1.33 bits per heavy atom. The molecular formula is C15H10ClFN2O2. The Kier molecular flexibility index (Phi) is 3.14. The number of hydrogen-bond donors (Lipinski definition) is 2. The van der Waals surface area contributed by atoms with Crippen LogP contribution >= 0.6 is 11.6 Å². The van der Waals surface area contributed by atoms with E-state index in [0.29, 0.717) is 21.9 Å². The highest BCUT2D eigenvalue weighted by Crippen LogP contribution is 2.26. The maximum atomic E-state index is 13.6. The lowest BCUT2D eigenvalue weighted by atomic mass is 10.1. The number of carbonyl (C=O) groups is 1. The first-order valence-electron chi connectivity index (χ1n) is 6.15. The van der Waals surface area contributed by atoms with E-state index in [-0.39, 0.29) is 0 Å². The minimum Gasteiger partial charge on any atom is -0.478 e. The predicted octanol–water partition coefficient (Wildman–Crippen LogP) is 4.03. The van der Waals surface area contributed by atoms with Crippen LogP contribution in [-0.4, -0.2) is 21.0 Å². The van der Waals surface area contributed by atoms with Crippen molar-refractivity contribution < 1.29 is 14.3 Å². The highest BCUT2D eigenvalue weighted by atomic mass is 35.5. The maximum Gasteiger partial charge on any atom is 0.338 e. The predicted molar refractivity (Wildman–Crippen MR) is 78.2 cm³/mol. The van der Waals surface area contributed by atoms with Crippen LogP contribution in [0.3, 0.4) is 0 Å². The summed E-state index contributed by atoms with van der Waals surface area (Å²) in [5.74, 6) is -1.61. The average molecular weight is 305 g/mol. The van der Waals surface area contributed by atoms with E-state index >= 15 is 0 Å². The number of aromatic nitrogens is 2. The number of halogens is 2. The zero-order valence-corrected chi connectivity index (χ0v) is 11.7. The smallest absolute Gasteiger partial charge is 0.338 e. The van der Waals surface area contributed by atoms with Crippen LogP contribution in [-0.2, 0) is 0 Å². The van der Waals surface area contributed by atoms with Gasteiger partial charge in [-0.15, -0.1) is 0 Å². The number of fused-ring (bicyclic) bond motifs is 1. The number of carboxylic acid groups (broad SMARTS) is 1. The highest BCUT2D eigenvalue weighted by Gasteiger charge is 2.14. The summed E-state index contributed by atoms with van der Waals surface area (Å²) in [5, 5.41) is 9.52. The van der Waals surface area contributed by atoms with Crippen LogP contribution in [0.25, 0.3) is 22.4 Å². The number of aromatic carboxylic acids is 1. The van der Waals surface area contributed by atoms with Crippen LogP contribution in [0, 0.1) is 12.7 Å². The van der Waals surface area contributed by atoms with Gasteiger partial charge in [-0.05, 0) is 24.6 Å². The SMILES string of the molecule is Cc1ccc(-c2nc3cc(C(=O)O)c(F)cc3[nH]2)cc1Cl. The quantitative estimate of drug-likeness (QED) is 0.751. The molecule has 2 N–H and O–H groups in total. The fraction of sp³-hybridized carbons (Fsp3) is 0.0667. The molecule has 0 bridgehead atoms. The first-order chi connectivity index (χ1) is 9.95. The number of hydrogen-bond acceptors (Lipinski definition) is 2. The van der Waals surface area contributed by atoms with Gasteiger partial charge in [0.2, 0.25) is 0 Å². The second kappa shape index (κ2) is 4.86. The Morgan fingerprint density at radius 3 is 2.76 bits per heavy atom. The lowest BCUT2D eigenvalue weighted by molar-refractivity contribution is 0.0692. The van der Waals surface area contributed by atoms with Crippen LogP contribution in [0.2, 0.25) is 5.02 Å². The Labute approximate surface area is 124 Å². The van der Waals surface area contributed by atoms with Gasteiger partial charge in [-0.2, -0.15) is 0 Å². The Balaban J connectivity index is 2.16. The van der Waals surface area contributed by atoms with Crippen LogP contribution < -0.4 is 0 Å². The molecule has 1 heterocycles. The van der Waals surface area contributed by atoms with E-state index in [9.17, 15) is 9.18 Å². The molecule has 0 saturated carbocycles. The van der Waals surface area contributed by atoms with Gasteiger partial charge in [-0.25, -0.2) is 14.2 Å². The molecule has 0 unspecified atom stereocenters. The molecule has 1 aromatic heterocycles. The lowest BCUT2D eigenvalue weighted by Gasteiger charge is -2.00. The molecule has 0 saturated heterocycles. The summed E-state index contributed by atoms with van der Waals surface area (Å²) < 4.78 is 13.6. The molecule has 0 fully saturated rings. The molecule has 0 aliphatic rings. The molecule has 0 spiro atoms. The van der Waals surface area contributed by atoms with Gasteiger partial charge >= 0.3 is 5.97 Å². The third-order valence-electron chi connectivity index (χ3n) is 3.25. The van der Waals surface area contributed by atoms with Crippen molar-refractivity contribution in [3.63, 3.8) is 0 Å². The fourth-order valence-corrected chi connectivity index (χ4v) is 2.25. The molecule has 0 aliphatic heterocycles. The summed E-state index contributed by atoms with van der Waals surface area (Å²) in [5.41, 5.74) is 2.11. The molecular weight excluding hydrogens is 295 g/mol. The van der Waals surface area contributed by atoms with Crippen molar-refractivity contribution in [3.05, 3.63) is 52.3 Å². The van der Waals surface area contributed by atoms with Gasteiger partial charge in [0.1, 0.15) is 11.6 Å². The third kappa shape index (κ3) is 2.36. The maximum absolute atomic E-state index is 13.6. The molecule has 0 amide bonds. The van der Waals surface area contributed by atoms with Crippen molar-refractivity contribution in [2.45, 2.75) is 6.92 Å². The Morgan fingerprint density at radius 2 is 2.10 bits per heavy atom. The number of benzene rings is 2. The zero-order chi connectivity index (χ0) is 15.1. The van der Waals surface area contributed by atoms with E-state index < -0.39 is 17.3 Å². The van der Waals surface area contributed by atoms with Crippen molar-refractivity contribution in [2.75, 3.05) is 0 Å². The van der Waals surface area contributed by atoms with E-state index in [2.05, 4.69) is 9.97 Å². The van der Waals surface area contributed by atoms with Gasteiger partial charge < -0.3 is 10.1 Å². The number of nitrogens with one attached hydrogen (secondary N) is 1. The van der Waals surface area contributed by atoms with E-state index in [0.717, 1.165) is 17.2 Å². The topological polar surface area (TPSA) is 66.0 Å². The van der Waals surface area contributed by atoms with Crippen LogP contribution in [0.5, 0.6) is 0 Å². The number of H-pyrrole nitrogens is 1. The number of nitrogens with zero attached hydrogens (tertiary/aromatic N) is 1. The minimum absolute atomic E-state index is 0.389. The minimum atomic E-state index is -1.32. The number of aromatic amines is 1. The number of imidazole rings is 1. The third-order valence-corrected chi connectivity index (χ3v) is 3.65. The fourth-order valence-electron chi connectivity index (χ4n) is 2.07. The van der Waals surface area contributed by atoms with Crippen molar-refractivity contribution in [1.29, 1.82) is 0 Å². The molecule has 3 aromatic rings. The highest BCUT2D eigenvalue weighted by molar-refractivity contribution is 6.31. The van der Waals surface area contributed by atoms with Crippen LogP contribution in [0.1, 0.15) is 15.9 Å². The van der Waals surface area contributed by atoms with Gasteiger partial charge in [0.15, 0.2) is 0 Å². The Hall–Kier alpha value is -2.40. The standard InChI is InChI=1S/C15H10ClFN2O2/c1-7-2-3-8(4-10(7)16)14-18-12-5-9(15(20)21)11(17)6-13(12)19-14/h2-6H,1H3,(H,18,19)(H,20,21). The molecule has 0 atom stereocenters. The van der Waals surface area contributed by atoms with Crippen molar-refractivity contribution >= 4 is 28.6 Å². The lowest BCUT2D eigenvalue weighted by Crippen LogP contribution is -1.99. The molecule has 2 aromatic carbocycles. The summed E-state index contributed by atoms with van der Waals surface area (Å²) >= 11 is 6.08. The van der Waals surface area contributed by atoms with E-state index in [1.165, 1.54) is 6.07 Å². The van der Waals surface area contributed by atoms with Crippen molar-refractivity contribution in [2.24, 2.45) is 0 Å². The van der Waals surface area contributed by atoms with Crippen LogP contribution in [0.15, 0.2) is 30.3 Å². The van der Waals surface area contributed by atoms with Gasteiger partial charge in [-0.3, -0.25) is 0 Å². The summed E-state index contributed by atoms with van der Waals surface area (Å²) in [4.78, 5) is 18.2. The van der Waals surface area contributed by atoms with E-state index in [4.69, 9.17) is 16.7 Å². The van der Waals surface area contributed by atoms with Gasteiger partial charge in [-0.1, -0.05) is 23.7 Å². The van der Waals surface area contributed by atoms with Crippen molar-refractivity contribution in [3.8, 4) is 11.4 Å². The Bertz CT molecular complexity index is 873. The molecule has 21 heavy (non-hydrogen) atoms. The van der Waals surface area contributed by atoms with Crippen molar-refractivity contribution in [1.82, 2.24) is 9.97 Å². The molecule has 0 aliphatic carbocycles. The van der Waals surface area contributed by atoms with E-state index in [1.807, 2.05) is 19.1 Å². The molecule has 3 rings (SSSR count). The molecule has 0 radical (unpaired) electrons. The molecule has 4 nitrogen and oxygen atoms in total. The monoisotopic (exact) mass is 304 g/mol. The number of aryl methyl sites for hydroxylation is 1. The summed E-state index contributed by atoms with van der Waals surface area (Å²) in [6.07, 6.45) is 0. The second-order valence-electron chi connectivity index (χ2n) is 4.70. The van der Waals surface area contributed by atoms with Gasteiger partial charge in [0.05, 0.1) is 16.6 Å². The number of rotatable bonds is 2. The zero-order valence-electron chi connectivity index (χ0n) is 10.9. The first-order valence-corrected chi connectivity index (χ1v) is 6.52. The summed E-state index contributed by atoms with van der Waals surface area (Å²) in [7, 11) is 0. The first kappa shape index (κ1) is 13.6. The van der Waals surface area contributed by atoms with Gasteiger partial charge in [0, 0.05) is 16.7 Å².